The molecule has 6 amide bonds. The number of ether oxygens (including phenoxy) is 2. The molecule has 0 saturated carbocycles. The molecule has 4 aliphatic heterocycles. The fourth-order valence-corrected chi connectivity index (χ4v) is 9.32. The zero-order chi connectivity index (χ0) is 49.4. The summed E-state index contributed by atoms with van der Waals surface area (Å²) >= 11 is 0. The second-order valence-corrected chi connectivity index (χ2v) is 18.2. The molecule has 4 aliphatic rings. The third-order valence-corrected chi connectivity index (χ3v) is 13.3. The van der Waals surface area contributed by atoms with Gasteiger partial charge in [-0.2, -0.15) is 0 Å². The number of amides is 6. The molecule has 0 spiro atoms. The molecule has 0 bridgehead atoms. The summed E-state index contributed by atoms with van der Waals surface area (Å²) in [4.78, 5) is 115. The summed E-state index contributed by atoms with van der Waals surface area (Å²) in [6, 6.07) is 11.0. The number of esters is 1. The van der Waals surface area contributed by atoms with Gasteiger partial charge in [-0.1, -0.05) is 61.0 Å². The highest BCUT2D eigenvalue weighted by Crippen LogP contribution is 2.28. The third-order valence-electron chi connectivity index (χ3n) is 13.3. The van der Waals surface area contributed by atoms with Crippen molar-refractivity contribution in [3.05, 3.63) is 101 Å². The van der Waals surface area contributed by atoms with E-state index in [9.17, 15) is 29.1 Å². The van der Waals surface area contributed by atoms with Gasteiger partial charge in [0.1, 0.15) is 42.1 Å². The number of pyridine rings is 1. The standard InChI is InChI=1S/C50H63N9O10/c1-6-36-47(64)58-22-11-14-37(58)48(65)56(5)39(28-32-16-18-35(19-17-32)55(3)4)49(66)59-23-20-33(30-57-24-26-68-27-25-57)29-38(59)44(61)54-42(34-12-8-7-9-13-34)50(67)69-31(2)41(45(62)52-36)53-46(63)43-40(60)15-10-21-51-43/h7-10,12-13,15-21,31,36-39,41-42,60H,6,11,14,22-30H2,1-5H3,(H,52,62)(H,53,63)(H,54,61)/t31-,36+,37-,38-,39?,41-,42-/m1/s1. The van der Waals surface area contributed by atoms with E-state index in [0.717, 1.165) is 16.8 Å². The second kappa shape index (κ2) is 22.5. The summed E-state index contributed by atoms with van der Waals surface area (Å²) in [5, 5.41) is 18.6. The van der Waals surface area contributed by atoms with Crippen LogP contribution >= 0.6 is 0 Å². The number of fused-ring (bicyclic) bond motifs is 2. The highest BCUT2D eigenvalue weighted by Gasteiger charge is 2.45. The van der Waals surface area contributed by atoms with Crippen LogP contribution in [0.4, 0.5) is 5.69 Å². The number of anilines is 1. The number of hydrogen-bond donors (Lipinski definition) is 4. The maximum atomic E-state index is 15.4. The molecule has 3 aromatic rings. The van der Waals surface area contributed by atoms with Gasteiger partial charge in [-0.15, -0.1) is 0 Å². The Hall–Kier alpha value is -6.86. The molecule has 3 saturated heterocycles. The molecule has 7 atom stereocenters. The number of cyclic esters (lactones) is 1. The molecule has 7 rings (SSSR count). The summed E-state index contributed by atoms with van der Waals surface area (Å²) in [5.41, 5.74) is 2.52. The molecule has 69 heavy (non-hydrogen) atoms. The fourth-order valence-electron chi connectivity index (χ4n) is 9.32. The minimum Gasteiger partial charge on any atom is -0.505 e. The second-order valence-electron chi connectivity index (χ2n) is 18.2. The van der Waals surface area contributed by atoms with E-state index in [1.807, 2.05) is 49.3 Å². The Kier molecular flexibility index (Phi) is 16.3. The van der Waals surface area contributed by atoms with Gasteiger partial charge in [0.2, 0.25) is 29.5 Å². The lowest BCUT2D eigenvalue weighted by molar-refractivity contribution is -0.156. The van der Waals surface area contributed by atoms with E-state index in [2.05, 4.69) is 25.8 Å². The zero-order valence-electron chi connectivity index (χ0n) is 39.8. The maximum absolute atomic E-state index is 15.4. The Morgan fingerprint density at radius 3 is 2.28 bits per heavy atom. The van der Waals surface area contributed by atoms with Gasteiger partial charge in [0.15, 0.2) is 11.7 Å². The third kappa shape index (κ3) is 11.7. The van der Waals surface area contributed by atoms with Crippen LogP contribution in [-0.4, -0.2) is 174 Å². The summed E-state index contributed by atoms with van der Waals surface area (Å²) in [5.74, 6) is -5.54. The van der Waals surface area contributed by atoms with Crippen molar-refractivity contribution in [3.8, 4) is 5.75 Å². The van der Waals surface area contributed by atoms with Crippen LogP contribution in [0.3, 0.4) is 0 Å². The van der Waals surface area contributed by atoms with Crippen LogP contribution < -0.4 is 20.9 Å². The van der Waals surface area contributed by atoms with Crippen LogP contribution in [-0.2, 0) is 44.7 Å². The van der Waals surface area contributed by atoms with Gasteiger partial charge in [0, 0.05) is 72.2 Å². The van der Waals surface area contributed by atoms with Crippen LogP contribution in [0.1, 0.15) is 67.2 Å². The molecule has 2 aromatic carbocycles. The Balaban J connectivity index is 1.31. The van der Waals surface area contributed by atoms with Gasteiger partial charge >= 0.3 is 5.97 Å². The number of benzene rings is 2. The summed E-state index contributed by atoms with van der Waals surface area (Å²) in [6.45, 7) is 6.27. The average molecular weight is 950 g/mol. The first kappa shape index (κ1) is 50.0. The number of nitrogens with zero attached hydrogens (tertiary/aromatic N) is 6. The van der Waals surface area contributed by atoms with Crippen LogP contribution in [0.15, 0.2) is 84.6 Å². The maximum Gasteiger partial charge on any atom is 0.333 e. The number of carbonyl (C=O) groups is 7. The van der Waals surface area contributed by atoms with Crippen molar-refractivity contribution in [2.24, 2.45) is 0 Å². The molecular formula is C50H63N9O10. The number of likely N-dealkylation sites (N-methyl/N-ethyl adjacent to an activating group) is 1. The molecule has 1 aromatic heterocycles. The molecule has 19 nitrogen and oxygen atoms in total. The predicted octanol–water partition coefficient (Wildman–Crippen LogP) is 1.57. The molecule has 3 fully saturated rings. The number of carbonyl (C=O) groups excluding carboxylic acids is 7. The van der Waals surface area contributed by atoms with Gasteiger partial charge in [-0.25, -0.2) is 9.78 Å². The Morgan fingerprint density at radius 1 is 0.870 bits per heavy atom. The van der Waals surface area contributed by atoms with Crippen molar-refractivity contribution < 1.29 is 48.1 Å². The van der Waals surface area contributed by atoms with E-state index in [1.165, 1.54) is 47.0 Å². The lowest BCUT2D eigenvalue weighted by atomic mass is 9.95. The van der Waals surface area contributed by atoms with Crippen molar-refractivity contribution in [2.75, 3.05) is 72.0 Å². The van der Waals surface area contributed by atoms with Crippen LogP contribution in [0.25, 0.3) is 0 Å². The molecule has 4 N–H and O–H groups in total. The molecule has 1 unspecified atom stereocenters. The van der Waals surface area contributed by atoms with Gasteiger partial charge in [0.05, 0.1) is 13.2 Å². The van der Waals surface area contributed by atoms with Crippen LogP contribution in [0.5, 0.6) is 5.75 Å². The lowest BCUT2D eigenvalue weighted by Gasteiger charge is -2.40. The normalized spacial score (nSPS) is 25.8. The van der Waals surface area contributed by atoms with Gasteiger partial charge in [0.25, 0.3) is 5.91 Å². The van der Waals surface area contributed by atoms with E-state index < -0.39 is 95.2 Å². The summed E-state index contributed by atoms with van der Waals surface area (Å²) in [6.07, 6.45) is 2.81. The van der Waals surface area contributed by atoms with E-state index in [0.29, 0.717) is 51.3 Å². The van der Waals surface area contributed by atoms with Crippen molar-refractivity contribution in [3.63, 3.8) is 0 Å². The number of hydrogen-bond acceptors (Lipinski definition) is 13. The number of aromatic hydroxyl groups is 1. The minimum atomic E-state index is -1.66. The summed E-state index contributed by atoms with van der Waals surface area (Å²) in [7, 11) is 5.37. The van der Waals surface area contributed by atoms with Crippen LogP contribution in [0, 0.1) is 0 Å². The number of aromatic nitrogens is 1. The van der Waals surface area contributed by atoms with Gasteiger partial charge < -0.3 is 50.1 Å². The van der Waals surface area contributed by atoms with Gasteiger partial charge in [-0.3, -0.25) is 33.7 Å². The van der Waals surface area contributed by atoms with Crippen LogP contribution in [0.2, 0.25) is 0 Å². The molecule has 0 aliphatic carbocycles. The first-order valence-electron chi connectivity index (χ1n) is 23.6. The van der Waals surface area contributed by atoms with E-state index in [1.54, 1.807) is 37.3 Å². The van der Waals surface area contributed by atoms with Crippen molar-refractivity contribution in [2.45, 2.75) is 88.3 Å². The van der Waals surface area contributed by atoms with E-state index in [4.69, 9.17) is 9.47 Å². The van der Waals surface area contributed by atoms with Gasteiger partial charge in [-0.05, 0) is 68.0 Å². The highest BCUT2D eigenvalue weighted by atomic mass is 16.5. The van der Waals surface area contributed by atoms with E-state index in [-0.39, 0.29) is 32.4 Å². The smallest absolute Gasteiger partial charge is 0.333 e. The number of rotatable bonds is 9. The first-order chi connectivity index (χ1) is 33.1. The quantitative estimate of drug-likeness (QED) is 0.177. The SMILES string of the molecule is CC[C@@H]1NC(=O)[C@H](NC(=O)c2ncccc2O)[C@@H](C)OC(=O)[C@@H](c2ccccc2)NC(=O)[C@H]2CC(CN3CCOCC3)=CCN2C(=O)C(Cc2ccc(N(C)C)cc2)N(C)C(=O)[C@H]2CCCN2C1=O. The molecule has 368 valence electrons. The van der Waals surface area contributed by atoms with E-state index >= 15 is 9.59 Å². The fraction of sp³-hybridized carbons (Fsp3) is 0.480. The largest absolute Gasteiger partial charge is 0.505 e. The number of nitrogens with one attached hydrogen (secondary N) is 3. The zero-order valence-corrected chi connectivity index (χ0v) is 39.8. The highest BCUT2D eigenvalue weighted by molar-refractivity contribution is 6.00. The van der Waals surface area contributed by atoms with Crippen molar-refractivity contribution >= 4 is 47.1 Å². The predicted molar refractivity (Wildman–Crippen MR) is 253 cm³/mol. The summed E-state index contributed by atoms with van der Waals surface area (Å²) < 4.78 is 11.6. The Bertz CT molecular complexity index is 2390. The van der Waals surface area contributed by atoms with Crippen molar-refractivity contribution in [1.29, 1.82) is 0 Å². The topological polar surface area (TPSA) is 223 Å². The molecule has 0 radical (unpaired) electrons. The molecule has 19 heteroatoms. The molecular weight excluding hydrogens is 887 g/mol. The first-order valence-corrected chi connectivity index (χ1v) is 23.6. The monoisotopic (exact) mass is 949 g/mol. The Labute approximate surface area is 402 Å². The average Bonchev–Trinajstić information content (AvgIpc) is 3.85. The minimum absolute atomic E-state index is 0.0272. The van der Waals surface area contributed by atoms with Crippen molar-refractivity contribution in [1.82, 2.24) is 40.5 Å². The molecule has 5 heterocycles. The lowest BCUT2D eigenvalue weighted by Crippen LogP contribution is -2.61. The Morgan fingerprint density at radius 2 is 1.59 bits per heavy atom. The number of morpholine rings is 1.